The van der Waals surface area contributed by atoms with Gasteiger partial charge in [0.2, 0.25) is 5.91 Å². The van der Waals surface area contributed by atoms with Crippen LogP contribution in [-0.4, -0.2) is 56.0 Å². The summed E-state index contributed by atoms with van der Waals surface area (Å²) in [6, 6.07) is 1.24. The van der Waals surface area contributed by atoms with Gasteiger partial charge in [-0.05, 0) is 20.3 Å². The fourth-order valence-corrected chi connectivity index (χ4v) is 4.59. The number of fused-ring (bicyclic) bond motifs is 2. The predicted molar refractivity (Wildman–Crippen MR) is 97.0 cm³/mol. The molecule has 0 aromatic carbocycles. The zero-order valence-corrected chi connectivity index (χ0v) is 15.4. The van der Waals surface area contributed by atoms with Gasteiger partial charge in [0.1, 0.15) is 16.8 Å². The first-order chi connectivity index (χ1) is 12.5. The monoisotopic (exact) mass is 379 g/mol. The number of amides is 1. The number of hydrogen-bond acceptors (Lipinski definition) is 6. The van der Waals surface area contributed by atoms with Crippen molar-refractivity contribution in [2.24, 2.45) is 11.3 Å². The number of nitrogens with zero attached hydrogens (tertiary/aromatic N) is 3. The first-order valence-corrected chi connectivity index (χ1v) is 9.24. The minimum absolute atomic E-state index is 0.167. The lowest BCUT2D eigenvalue weighted by Crippen LogP contribution is -2.42. The van der Waals surface area contributed by atoms with Crippen LogP contribution >= 0.6 is 11.6 Å². The molecule has 26 heavy (non-hydrogen) atoms. The number of rotatable bonds is 5. The van der Waals surface area contributed by atoms with Gasteiger partial charge in [-0.2, -0.15) is 0 Å². The van der Waals surface area contributed by atoms with Gasteiger partial charge in [0.25, 0.3) is 0 Å². The van der Waals surface area contributed by atoms with Crippen LogP contribution in [0.3, 0.4) is 0 Å². The van der Waals surface area contributed by atoms with Crippen LogP contribution in [0.2, 0.25) is 5.15 Å². The fourth-order valence-electron chi connectivity index (χ4n) is 4.40. The molecule has 2 fully saturated rings. The summed E-state index contributed by atoms with van der Waals surface area (Å²) in [5, 5.41) is 27.5. The topological polar surface area (TPSA) is 112 Å². The number of hydrogen-bond donors (Lipinski definition) is 4. The molecule has 5 atom stereocenters. The van der Waals surface area contributed by atoms with Gasteiger partial charge in [-0.25, -0.2) is 9.97 Å². The fraction of sp³-hybridized carbons (Fsp3) is 0.588. The molecular formula is C17H22ClN5O3. The van der Waals surface area contributed by atoms with Crippen molar-refractivity contribution in [2.75, 3.05) is 18.4 Å². The van der Waals surface area contributed by atoms with E-state index >= 15 is 0 Å². The lowest BCUT2D eigenvalue weighted by molar-refractivity contribution is -0.132. The lowest BCUT2D eigenvalue weighted by Gasteiger charge is -2.23. The molecule has 8 nitrogen and oxygen atoms in total. The maximum atomic E-state index is 12.5. The summed E-state index contributed by atoms with van der Waals surface area (Å²) >= 11 is 6.16. The first kappa shape index (κ1) is 17.5. The van der Waals surface area contributed by atoms with Crippen molar-refractivity contribution < 1.29 is 15.0 Å². The van der Waals surface area contributed by atoms with E-state index < -0.39 is 23.7 Å². The molecule has 2 aromatic rings. The van der Waals surface area contributed by atoms with Gasteiger partial charge in [0.05, 0.1) is 29.6 Å². The molecule has 0 saturated heterocycles. The number of anilines is 1. The normalized spacial score (nSPS) is 32.5. The van der Waals surface area contributed by atoms with E-state index in [1.807, 2.05) is 13.8 Å². The molecule has 2 aromatic heterocycles. The van der Waals surface area contributed by atoms with Crippen molar-refractivity contribution in [3.8, 4) is 0 Å². The Bertz CT molecular complexity index is 871. The van der Waals surface area contributed by atoms with Gasteiger partial charge in [0.15, 0.2) is 5.65 Å². The number of pyridine rings is 1. The SMILES string of the molecule is CCNC(=O)[C@@]12C[C@@H]1[C@@H](n1cnc3c(NCC)cc(Cl)nc31)[C@H](O)[C@@H]2O. The standard InChI is InChI=1S/C17H22ClN5O3/c1-3-19-9-5-10(18)22-15-11(9)21-7-23(15)12-8-6-17(8,14(25)13(12)24)16(26)20-4-2/h5,7-8,12-14,24-25H,3-4,6H2,1-2H3,(H,19,22)(H,20,26)/t8-,12-,13+,14+,17+/m1/s1. The Hall–Kier alpha value is -1.90. The summed E-state index contributed by atoms with van der Waals surface area (Å²) < 4.78 is 1.74. The van der Waals surface area contributed by atoms with E-state index in [4.69, 9.17) is 11.6 Å². The zero-order chi connectivity index (χ0) is 18.6. The van der Waals surface area contributed by atoms with E-state index in [-0.39, 0.29) is 11.8 Å². The summed E-state index contributed by atoms with van der Waals surface area (Å²) in [4.78, 5) is 21.3. The molecule has 4 N–H and O–H groups in total. The predicted octanol–water partition coefficient (Wildman–Crippen LogP) is 0.935. The highest BCUT2D eigenvalue weighted by Gasteiger charge is 2.75. The molecule has 0 radical (unpaired) electrons. The van der Waals surface area contributed by atoms with Gasteiger partial charge in [-0.1, -0.05) is 11.6 Å². The number of imidazole rings is 1. The highest BCUT2D eigenvalue weighted by Crippen LogP contribution is 2.67. The molecule has 4 rings (SSSR count). The number of halogens is 1. The molecule has 140 valence electrons. The third-order valence-electron chi connectivity index (χ3n) is 5.62. The van der Waals surface area contributed by atoms with Gasteiger partial charge in [-0.15, -0.1) is 0 Å². The average molecular weight is 380 g/mol. The highest BCUT2D eigenvalue weighted by atomic mass is 35.5. The number of nitrogens with one attached hydrogen (secondary N) is 2. The number of carbonyl (C=O) groups excluding carboxylic acids is 1. The van der Waals surface area contributed by atoms with Crippen LogP contribution in [-0.2, 0) is 4.79 Å². The highest BCUT2D eigenvalue weighted by molar-refractivity contribution is 6.30. The molecule has 2 aliphatic carbocycles. The van der Waals surface area contributed by atoms with Crippen molar-refractivity contribution in [1.82, 2.24) is 19.9 Å². The zero-order valence-electron chi connectivity index (χ0n) is 14.6. The van der Waals surface area contributed by atoms with Crippen molar-refractivity contribution >= 4 is 34.4 Å². The van der Waals surface area contributed by atoms with E-state index in [0.29, 0.717) is 35.8 Å². The Morgan fingerprint density at radius 2 is 2.19 bits per heavy atom. The number of aliphatic hydroxyl groups excluding tert-OH is 2. The Morgan fingerprint density at radius 1 is 1.42 bits per heavy atom. The van der Waals surface area contributed by atoms with Crippen molar-refractivity contribution in [1.29, 1.82) is 0 Å². The van der Waals surface area contributed by atoms with Crippen molar-refractivity contribution in [3.63, 3.8) is 0 Å². The van der Waals surface area contributed by atoms with Crippen LogP contribution in [0.15, 0.2) is 12.4 Å². The number of aliphatic hydroxyl groups is 2. The summed E-state index contributed by atoms with van der Waals surface area (Å²) in [5.74, 6) is -0.373. The van der Waals surface area contributed by atoms with Gasteiger partial charge in [-0.3, -0.25) is 4.79 Å². The van der Waals surface area contributed by atoms with Crippen molar-refractivity contribution in [2.45, 2.75) is 38.5 Å². The van der Waals surface area contributed by atoms with E-state index in [2.05, 4.69) is 20.6 Å². The van der Waals surface area contributed by atoms with Gasteiger partial charge in [0, 0.05) is 25.1 Å². The van der Waals surface area contributed by atoms with E-state index in [0.717, 1.165) is 5.69 Å². The molecule has 0 aliphatic heterocycles. The van der Waals surface area contributed by atoms with Crippen LogP contribution in [0, 0.1) is 11.3 Å². The molecule has 0 bridgehead atoms. The van der Waals surface area contributed by atoms with Crippen LogP contribution in [0.25, 0.3) is 11.2 Å². The molecule has 0 spiro atoms. The smallest absolute Gasteiger partial charge is 0.229 e. The number of carbonyl (C=O) groups is 1. The van der Waals surface area contributed by atoms with Crippen LogP contribution in [0.5, 0.6) is 0 Å². The van der Waals surface area contributed by atoms with Crippen LogP contribution in [0.4, 0.5) is 5.69 Å². The Kier molecular flexibility index (Phi) is 4.09. The second kappa shape index (κ2) is 6.07. The maximum absolute atomic E-state index is 12.5. The number of aromatic nitrogens is 3. The summed E-state index contributed by atoms with van der Waals surface area (Å²) in [6.07, 6.45) is -0.0603. The second-order valence-corrected chi connectivity index (χ2v) is 7.37. The Labute approximate surface area is 155 Å². The molecular weight excluding hydrogens is 358 g/mol. The summed E-state index contributed by atoms with van der Waals surface area (Å²) in [7, 11) is 0. The summed E-state index contributed by atoms with van der Waals surface area (Å²) in [6.45, 7) is 4.99. The van der Waals surface area contributed by atoms with Gasteiger partial charge >= 0.3 is 0 Å². The Morgan fingerprint density at radius 3 is 2.88 bits per heavy atom. The molecule has 9 heteroatoms. The van der Waals surface area contributed by atoms with E-state index in [1.54, 1.807) is 17.0 Å². The molecule has 2 aliphatic rings. The summed E-state index contributed by atoms with van der Waals surface area (Å²) in [5.41, 5.74) is 1.01. The van der Waals surface area contributed by atoms with Crippen LogP contribution < -0.4 is 10.6 Å². The third-order valence-corrected chi connectivity index (χ3v) is 5.81. The quantitative estimate of drug-likeness (QED) is 0.575. The van der Waals surface area contributed by atoms with E-state index in [1.165, 1.54) is 0 Å². The molecule has 0 unspecified atom stereocenters. The molecule has 2 saturated carbocycles. The first-order valence-electron chi connectivity index (χ1n) is 8.87. The maximum Gasteiger partial charge on any atom is 0.229 e. The van der Waals surface area contributed by atoms with Crippen molar-refractivity contribution in [3.05, 3.63) is 17.5 Å². The third kappa shape index (κ3) is 2.25. The molecule has 2 heterocycles. The van der Waals surface area contributed by atoms with Crippen LogP contribution in [0.1, 0.15) is 26.3 Å². The largest absolute Gasteiger partial charge is 0.389 e. The van der Waals surface area contributed by atoms with Gasteiger partial charge < -0.3 is 25.4 Å². The van der Waals surface area contributed by atoms with E-state index in [9.17, 15) is 15.0 Å². The minimum atomic E-state index is -1.12. The minimum Gasteiger partial charge on any atom is -0.389 e. The lowest BCUT2D eigenvalue weighted by atomic mass is 9.98. The second-order valence-electron chi connectivity index (χ2n) is 6.98. The molecule has 1 amide bonds. The average Bonchev–Trinajstić information content (AvgIpc) is 3.14. The Balaban J connectivity index is 1.76.